The maximum absolute atomic E-state index is 13.0. The lowest BCUT2D eigenvalue weighted by Gasteiger charge is -2.10. The van der Waals surface area contributed by atoms with Gasteiger partial charge in [0.15, 0.2) is 0 Å². The first kappa shape index (κ1) is 18.1. The van der Waals surface area contributed by atoms with E-state index >= 15 is 0 Å². The molecule has 132 valence electrons. The van der Waals surface area contributed by atoms with Gasteiger partial charge in [-0.3, -0.25) is 4.79 Å². The van der Waals surface area contributed by atoms with Crippen LogP contribution in [0, 0.1) is 17.1 Å². The number of halogens is 1. The third-order valence-electron chi connectivity index (χ3n) is 3.93. The second kappa shape index (κ2) is 8.59. The van der Waals surface area contributed by atoms with E-state index in [4.69, 9.17) is 4.74 Å². The Morgan fingerprint density at radius 1 is 0.963 bits per heavy atom. The van der Waals surface area contributed by atoms with E-state index < -0.39 is 0 Å². The average molecular weight is 357 g/mol. The molecule has 0 amide bonds. The molecule has 0 saturated heterocycles. The van der Waals surface area contributed by atoms with Gasteiger partial charge in [0.2, 0.25) is 5.78 Å². The molecule has 0 bridgehead atoms. The van der Waals surface area contributed by atoms with Gasteiger partial charge in [0.25, 0.3) is 0 Å². The lowest BCUT2D eigenvalue weighted by atomic mass is 10.0. The molecule has 27 heavy (non-hydrogen) atoms. The van der Waals surface area contributed by atoms with Gasteiger partial charge in [-0.05, 0) is 29.8 Å². The van der Waals surface area contributed by atoms with Crippen molar-refractivity contribution in [2.75, 3.05) is 0 Å². The molecular weight excluding hydrogens is 341 g/mol. The molecule has 0 heterocycles. The van der Waals surface area contributed by atoms with E-state index in [9.17, 15) is 14.4 Å². The zero-order chi connectivity index (χ0) is 19.1. The van der Waals surface area contributed by atoms with E-state index in [0.29, 0.717) is 16.9 Å². The molecule has 0 aliphatic heterocycles. The fraction of sp³-hybridized carbons (Fsp3) is 0.0435. The highest BCUT2D eigenvalue weighted by molar-refractivity contribution is 6.14. The molecule has 0 saturated carbocycles. The topological polar surface area (TPSA) is 50.1 Å². The summed E-state index contributed by atoms with van der Waals surface area (Å²) in [5.41, 5.74) is 1.92. The molecule has 3 rings (SSSR count). The summed E-state index contributed by atoms with van der Waals surface area (Å²) in [4.78, 5) is 12.5. The van der Waals surface area contributed by atoms with Crippen LogP contribution in [0.1, 0.15) is 21.5 Å². The zero-order valence-corrected chi connectivity index (χ0v) is 14.4. The third kappa shape index (κ3) is 4.68. The SMILES string of the molecule is N#CC(=Cc1ccccc1OCc1ccc(F)cc1)C(=O)c1ccccc1. The monoisotopic (exact) mass is 357 g/mol. The molecule has 0 spiro atoms. The van der Waals surface area contributed by atoms with Crippen LogP contribution in [-0.4, -0.2) is 5.78 Å². The largest absolute Gasteiger partial charge is 0.488 e. The maximum atomic E-state index is 13.0. The van der Waals surface area contributed by atoms with Crippen LogP contribution >= 0.6 is 0 Å². The molecule has 0 radical (unpaired) electrons. The zero-order valence-electron chi connectivity index (χ0n) is 14.4. The second-order valence-corrected chi connectivity index (χ2v) is 5.82. The number of rotatable bonds is 6. The summed E-state index contributed by atoms with van der Waals surface area (Å²) in [6.07, 6.45) is 1.52. The first-order valence-electron chi connectivity index (χ1n) is 8.35. The fourth-order valence-corrected chi connectivity index (χ4v) is 2.52. The third-order valence-corrected chi connectivity index (χ3v) is 3.93. The van der Waals surface area contributed by atoms with E-state index in [0.717, 1.165) is 5.56 Å². The number of allylic oxidation sites excluding steroid dienone is 1. The molecule has 0 fully saturated rings. The van der Waals surface area contributed by atoms with Gasteiger partial charge in [-0.1, -0.05) is 60.7 Å². The first-order chi connectivity index (χ1) is 13.2. The summed E-state index contributed by atoms with van der Waals surface area (Å²) in [6.45, 7) is 0.250. The Balaban J connectivity index is 1.83. The van der Waals surface area contributed by atoms with Gasteiger partial charge in [-0.15, -0.1) is 0 Å². The Morgan fingerprint density at radius 2 is 1.63 bits per heavy atom. The minimum atomic E-state index is -0.341. The van der Waals surface area contributed by atoms with Crippen LogP contribution in [0.25, 0.3) is 6.08 Å². The minimum Gasteiger partial charge on any atom is -0.488 e. The number of ketones is 1. The number of para-hydroxylation sites is 1. The van der Waals surface area contributed by atoms with Crippen LogP contribution in [-0.2, 0) is 6.61 Å². The van der Waals surface area contributed by atoms with Gasteiger partial charge in [0.05, 0.1) is 0 Å². The van der Waals surface area contributed by atoms with E-state index in [-0.39, 0.29) is 23.8 Å². The number of hydrogen-bond acceptors (Lipinski definition) is 3. The highest BCUT2D eigenvalue weighted by Crippen LogP contribution is 2.23. The summed E-state index contributed by atoms with van der Waals surface area (Å²) in [6, 6.07) is 23.8. The van der Waals surface area contributed by atoms with E-state index in [1.807, 2.05) is 18.2 Å². The standard InChI is InChI=1S/C23H16FNO2/c24-21-12-10-17(11-13-21)16-27-22-9-5-4-8-19(22)14-20(15-25)23(26)18-6-2-1-3-7-18/h1-14H,16H2. The lowest BCUT2D eigenvalue weighted by molar-refractivity contribution is 0.104. The number of hydrogen-bond donors (Lipinski definition) is 0. The predicted molar refractivity (Wildman–Crippen MR) is 102 cm³/mol. The maximum Gasteiger partial charge on any atom is 0.203 e. The van der Waals surface area contributed by atoms with E-state index in [1.165, 1.54) is 18.2 Å². The van der Waals surface area contributed by atoms with Crippen LogP contribution in [0.15, 0.2) is 84.4 Å². The smallest absolute Gasteiger partial charge is 0.203 e. The summed E-state index contributed by atoms with van der Waals surface area (Å²) in [5, 5.41) is 9.43. The fourth-order valence-electron chi connectivity index (χ4n) is 2.52. The van der Waals surface area contributed by atoms with Crippen molar-refractivity contribution < 1.29 is 13.9 Å². The van der Waals surface area contributed by atoms with Crippen molar-refractivity contribution in [1.29, 1.82) is 5.26 Å². The van der Waals surface area contributed by atoms with Crippen molar-refractivity contribution in [2.24, 2.45) is 0 Å². The Hall–Kier alpha value is -3.71. The number of ether oxygens (including phenoxy) is 1. The van der Waals surface area contributed by atoms with Gasteiger partial charge >= 0.3 is 0 Å². The van der Waals surface area contributed by atoms with Gasteiger partial charge in [-0.25, -0.2) is 4.39 Å². The van der Waals surface area contributed by atoms with Crippen LogP contribution in [0.5, 0.6) is 5.75 Å². The van der Waals surface area contributed by atoms with Gasteiger partial charge in [0.1, 0.15) is 29.8 Å². The highest BCUT2D eigenvalue weighted by Gasteiger charge is 2.13. The van der Waals surface area contributed by atoms with Gasteiger partial charge in [-0.2, -0.15) is 5.26 Å². The van der Waals surface area contributed by atoms with Crippen molar-refractivity contribution in [3.63, 3.8) is 0 Å². The Kier molecular flexibility index (Phi) is 5.76. The average Bonchev–Trinajstić information content (AvgIpc) is 2.72. The minimum absolute atomic E-state index is 0.0269. The molecule has 0 unspecified atom stereocenters. The molecule has 0 aliphatic carbocycles. The Labute approximate surface area is 157 Å². The van der Waals surface area contributed by atoms with Crippen LogP contribution in [0.2, 0.25) is 0 Å². The molecule has 0 aromatic heterocycles. The summed E-state index contributed by atoms with van der Waals surface area (Å²) in [7, 11) is 0. The number of carbonyl (C=O) groups is 1. The number of nitrogens with zero attached hydrogens (tertiary/aromatic N) is 1. The van der Waals surface area contributed by atoms with Gasteiger partial charge in [0, 0.05) is 11.1 Å². The molecule has 3 nitrogen and oxygen atoms in total. The number of Topliss-reactive ketones (excluding diaryl/α,β-unsaturated/α-hetero) is 1. The quantitative estimate of drug-likeness (QED) is 0.346. The van der Waals surface area contributed by atoms with Gasteiger partial charge < -0.3 is 4.74 Å². The normalized spacial score (nSPS) is 10.9. The predicted octanol–water partition coefficient (Wildman–Crippen LogP) is 5.19. The summed E-state index contributed by atoms with van der Waals surface area (Å²) < 4.78 is 18.8. The highest BCUT2D eigenvalue weighted by atomic mass is 19.1. The van der Waals surface area contributed by atoms with E-state index in [2.05, 4.69) is 0 Å². The lowest BCUT2D eigenvalue weighted by Crippen LogP contribution is -2.02. The van der Waals surface area contributed by atoms with Crippen molar-refractivity contribution >= 4 is 11.9 Å². The van der Waals surface area contributed by atoms with Crippen molar-refractivity contribution in [3.8, 4) is 11.8 Å². The Bertz CT molecular complexity index is 1000. The van der Waals surface area contributed by atoms with Crippen molar-refractivity contribution in [1.82, 2.24) is 0 Å². The molecule has 0 aliphatic rings. The molecular formula is C23H16FNO2. The van der Waals surface area contributed by atoms with Crippen LogP contribution in [0.3, 0.4) is 0 Å². The molecule has 3 aromatic carbocycles. The number of benzene rings is 3. The van der Waals surface area contributed by atoms with Crippen LogP contribution in [0.4, 0.5) is 4.39 Å². The van der Waals surface area contributed by atoms with Crippen molar-refractivity contribution in [2.45, 2.75) is 6.61 Å². The molecule has 3 aromatic rings. The summed E-state index contributed by atoms with van der Waals surface area (Å²) >= 11 is 0. The van der Waals surface area contributed by atoms with Crippen molar-refractivity contribution in [3.05, 3.63) is 107 Å². The molecule has 0 atom stereocenters. The Morgan fingerprint density at radius 3 is 2.33 bits per heavy atom. The van der Waals surface area contributed by atoms with E-state index in [1.54, 1.807) is 54.6 Å². The van der Waals surface area contributed by atoms with Crippen LogP contribution < -0.4 is 4.74 Å². The molecule has 0 N–H and O–H groups in total. The second-order valence-electron chi connectivity index (χ2n) is 5.82. The number of nitriles is 1. The first-order valence-corrected chi connectivity index (χ1v) is 8.35. The summed E-state index contributed by atoms with van der Waals surface area (Å²) in [5.74, 6) is -0.109. The molecule has 4 heteroatoms. The number of carbonyl (C=O) groups excluding carboxylic acids is 1.